The Morgan fingerprint density at radius 2 is 1.95 bits per heavy atom. The largest absolute Gasteiger partial charge is 0.494 e. The maximum Gasteiger partial charge on any atom is 0.257 e. The second-order valence-corrected chi connectivity index (χ2v) is 4.60. The van der Waals surface area contributed by atoms with Crippen molar-refractivity contribution in [1.82, 2.24) is 15.1 Å². The van der Waals surface area contributed by atoms with Crippen molar-refractivity contribution in [2.75, 3.05) is 6.61 Å². The molecule has 1 aromatic carbocycles. The molecule has 6 heteroatoms. The monoisotopic (exact) mass is 295 g/mol. The molecule has 4 nitrogen and oxygen atoms in total. The summed E-state index contributed by atoms with van der Waals surface area (Å²) in [6.45, 7) is 3.47. The summed E-state index contributed by atoms with van der Waals surface area (Å²) in [4.78, 5) is 0. The average molecular weight is 295 g/mol. The van der Waals surface area contributed by atoms with E-state index >= 15 is 0 Å². The van der Waals surface area contributed by atoms with Gasteiger partial charge < -0.3 is 10.1 Å². The van der Waals surface area contributed by atoms with Crippen LogP contribution in [0.1, 0.15) is 18.2 Å². The van der Waals surface area contributed by atoms with E-state index in [-0.39, 0.29) is 6.54 Å². The van der Waals surface area contributed by atoms with Crippen LogP contribution in [0.5, 0.6) is 5.75 Å². The third-order valence-electron chi connectivity index (χ3n) is 2.89. The van der Waals surface area contributed by atoms with Gasteiger partial charge in [0.15, 0.2) is 0 Å². The highest BCUT2D eigenvalue weighted by atomic mass is 19.3. The summed E-state index contributed by atoms with van der Waals surface area (Å²) < 4.78 is 31.0. The summed E-state index contributed by atoms with van der Waals surface area (Å²) in [5, 5.41) is 7.31. The van der Waals surface area contributed by atoms with Gasteiger partial charge in [-0.15, -0.1) is 0 Å². The van der Waals surface area contributed by atoms with E-state index in [9.17, 15) is 8.78 Å². The van der Waals surface area contributed by atoms with Crippen molar-refractivity contribution >= 4 is 0 Å². The molecule has 1 N–H and O–H groups in total. The molecule has 0 spiro atoms. The lowest BCUT2D eigenvalue weighted by molar-refractivity contribution is 0.121. The van der Waals surface area contributed by atoms with Crippen LogP contribution < -0.4 is 10.1 Å². The molecule has 0 aliphatic carbocycles. The van der Waals surface area contributed by atoms with Gasteiger partial charge in [-0.2, -0.15) is 5.10 Å². The molecule has 0 radical (unpaired) electrons. The molecule has 2 rings (SSSR count). The van der Waals surface area contributed by atoms with Crippen LogP contribution in [-0.2, 0) is 19.6 Å². The fraction of sp³-hybridized carbons (Fsp3) is 0.400. The molecule has 0 unspecified atom stereocenters. The Kier molecular flexibility index (Phi) is 5.68. The van der Waals surface area contributed by atoms with Crippen molar-refractivity contribution in [2.24, 2.45) is 0 Å². The minimum absolute atomic E-state index is 0.362. The van der Waals surface area contributed by atoms with Gasteiger partial charge in [-0.3, -0.25) is 4.68 Å². The topological polar surface area (TPSA) is 39.1 Å². The molecular formula is C15H19F2N3O. The van der Waals surface area contributed by atoms with Gasteiger partial charge in [-0.1, -0.05) is 12.1 Å². The number of halogens is 2. The Morgan fingerprint density at radius 1 is 1.19 bits per heavy atom. The predicted octanol–water partition coefficient (Wildman–Crippen LogP) is 2.84. The van der Waals surface area contributed by atoms with Crippen molar-refractivity contribution in [3.8, 4) is 5.75 Å². The number of nitrogens with zero attached hydrogens (tertiary/aromatic N) is 2. The van der Waals surface area contributed by atoms with E-state index in [0.717, 1.165) is 17.0 Å². The van der Waals surface area contributed by atoms with E-state index < -0.39 is 6.43 Å². The SMILES string of the molecule is CCOc1ccc(CNCc2ccn(CC(F)F)n2)cc1. The van der Waals surface area contributed by atoms with Crippen LogP contribution >= 0.6 is 0 Å². The normalized spacial score (nSPS) is 11.0. The van der Waals surface area contributed by atoms with Gasteiger partial charge in [0.05, 0.1) is 12.3 Å². The third-order valence-corrected chi connectivity index (χ3v) is 2.89. The molecule has 2 aromatic rings. The first-order valence-electron chi connectivity index (χ1n) is 6.90. The molecule has 0 aliphatic heterocycles. The zero-order valence-corrected chi connectivity index (χ0v) is 11.9. The second kappa shape index (κ2) is 7.73. The van der Waals surface area contributed by atoms with Crippen LogP contribution in [0.15, 0.2) is 36.5 Å². The van der Waals surface area contributed by atoms with Gasteiger partial charge >= 0.3 is 0 Å². The van der Waals surface area contributed by atoms with E-state index in [2.05, 4.69) is 10.4 Å². The lowest BCUT2D eigenvalue weighted by atomic mass is 10.2. The minimum Gasteiger partial charge on any atom is -0.494 e. The van der Waals surface area contributed by atoms with Gasteiger partial charge in [0, 0.05) is 19.3 Å². The summed E-state index contributed by atoms with van der Waals surface area (Å²) in [6, 6.07) is 9.59. The first-order valence-corrected chi connectivity index (χ1v) is 6.90. The van der Waals surface area contributed by atoms with Crippen LogP contribution in [0, 0.1) is 0 Å². The summed E-state index contributed by atoms with van der Waals surface area (Å²) >= 11 is 0. The molecule has 0 saturated heterocycles. The average Bonchev–Trinajstić information content (AvgIpc) is 2.88. The van der Waals surface area contributed by atoms with Gasteiger partial charge in [-0.05, 0) is 30.7 Å². The Labute approximate surface area is 122 Å². The Bertz CT molecular complexity index is 540. The second-order valence-electron chi connectivity index (χ2n) is 4.60. The molecule has 0 fully saturated rings. The molecule has 0 bridgehead atoms. The van der Waals surface area contributed by atoms with Crippen molar-refractivity contribution in [2.45, 2.75) is 33.0 Å². The van der Waals surface area contributed by atoms with Crippen LogP contribution in [0.3, 0.4) is 0 Å². The highest BCUT2D eigenvalue weighted by Crippen LogP contribution is 2.12. The highest BCUT2D eigenvalue weighted by molar-refractivity contribution is 5.27. The van der Waals surface area contributed by atoms with Crippen molar-refractivity contribution in [3.63, 3.8) is 0 Å². The van der Waals surface area contributed by atoms with Crippen LogP contribution in [0.25, 0.3) is 0 Å². The maximum absolute atomic E-state index is 12.2. The first kappa shape index (κ1) is 15.4. The molecule has 0 saturated carbocycles. The molecule has 0 aliphatic rings. The first-order chi connectivity index (χ1) is 10.2. The fourth-order valence-corrected chi connectivity index (χ4v) is 1.95. The fourth-order valence-electron chi connectivity index (χ4n) is 1.95. The maximum atomic E-state index is 12.2. The van der Waals surface area contributed by atoms with Crippen LogP contribution in [0.2, 0.25) is 0 Å². The lowest BCUT2D eigenvalue weighted by Crippen LogP contribution is -2.14. The number of hydrogen-bond donors (Lipinski definition) is 1. The number of hydrogen-bond acceptors (Lipinski definition) is 3. The zero-order chi connectivity index (χ0) is 15.1. The third kappa shape index (κ3) is 5.15. The van der Waals surface area contributed by atoms with Crippen molar-refractivity contribution in [1.29, 1.82) is 0 Å². The number of aromatic nitrogens is 2. The molecule has 1 heterocycles. The number of benzene rings is 1. The summed E-state index contributed by atoms with van der Waals surface area (Å²) in [5.74, 6) is 0.854. The lowest BCUT2D eigenvalue weighted by Gasteiger charge is -2.06. The number of rotatable bonds is 8. The van der Waals surface area contributed by atoms with E-state index in [1.165, 1.54) is 4.68 Å². The quantitative estimate of drug-likeness (QED) is 0.814. The van der Waals surface area contributed by atoms with Crippen molar-refractivity contribution < 1.29 is 13.5 Å². The summed E-state index contributed by atoms with van der Waals surface area (Å²) in [6.07, 6.45) is -0.811. The smallest absolute Gasteiger partial charge is 0.257 e. The van der Waals surface area contributed by atoms with Crippen LogP contribution in [-0.4, -0.2) is 22.8 Å². The van der Waals surface area contributed by atoms with Gasteiger partial charge in [0.25, 0.3) is 6.43 Å². The van der Waals surface area contributed by atoms with Gasteiger partial charge in [0.2, 0.25) is 0 Å². The van der Waals surface area contributed by atoms with Gasteiger partial charge in [0.1, 0.15) is 12.3 Å². The predicted molar refractivity (Wildman–Crippen MR) is 76.4 cm³/mol. The molecular weight excluding hydrogens is 276 g/mol. The summed E-state index contributed by atoms with van der Waals surface area (Å²) in [7, 11) is 0. The Hall–Kier alpha value is -1.95. The molecule has 114 valence electrons. The van der Waals surface area contributed by atoms with E-state index in [0.29, 0.717) is 19.7 Å². The molecule has 0 amide bonds. The number of nitrogens with one attached hydrogen (secondary N) is 1. The highest BCUT2D eigenvalue weighted by Gasteiger charge is 2.05. The standard InChI is InChI=1S/C15H19F2N3O/c1-2-21-14-5-3-12(4-6-14)9-18-10-13-7-8-20(19-13)11-15(16)17/h3-8,15,18H,2,9-11H2,1H3. The Morgan fingerprint density at radius 3 is 2.62 bits per heavy atom. The van der Waals surface area contributed by atoms with E-state index in [1.54, 1.807) is 12.3 Å². The Balaban J connectivity index is 1.77. The molecule has 0 atom stereocenters. The minimum atomic E-state index is -2.38. The van der Waals surface area contributed by atoms with Crippen molar-refractivity contribution in [3.05, 3.63) is 47.8 Å². The zero-order valence-electron chi connectivity index (χ0n) is 11.9. The van der Waals surface area contributed by atoms with Gasteiger partial charge in [-0.25, -0.2) is 8.78 Å². The molecule has 1 aromatic heterocycles. The van der Waals surface area contributed by atoms with E-state index in [1.807, 2.05) is 31.2 Å². The summed E-state index contributed by atoms with van der Waals surface area (Å²) in [5.41, 5.74) is 1.88. The molecule has 21 heavy (non-hydrogen) atoms. The number of ether oxygens (including phenoxy) is 1. The van der Waals surface area contributed by atoms with E-state index in [4.69, 9.17) is 4.74 Å². The van der Waals surface area contributed by atoms with Crippen LogP contribution in [0.4, 0.5) is 8.78 Å². The number of alkyl halides is 2.